The number of carbonyl (C=O) groups excluding carboxylic acids is 1. The van der Waals surface area contributed by atoms with Crippen molar-refractivity contribution in [3.05, 3.63) is 30.1 Å². The molecule has 1 rings (SSSR count). The first kappa shape index (κ1) is 14.9. The van der Waals surface area contributed by atoms with Crippen molar-refractivity contribution >= 4 is 17.7 Å². The highest BCUT2D eigenvalue weighted by molar-refractivity contribution is 5.91. The maximum absolute atomic E-state index is 13.0. The van der Waals surface area contributed by atoms with Crippen molar-refractivity contribution in [2.45, 2.75) is 13.3 Å². The number of aliphatic carboxylic acids is 1. The van der Waals surface area contributed by atoms with E-state index in [1.807, 2.05) is 0 Å². The van der Waals surface area contributed by atoms with Gasteiger partial charge in [-0.15, -0.1) is 0 Å². The number of hydrogen-bond acceptors (Lipinski definition) is 2. The molecule has 0 aliphatic rings. The van der Waals surface area contributed by atoms with E-state index in [9.17, 15) is 14.0 Å². The van der Waals surface area contributed by atoms with Crippen LogP contribution >= 0.6 is 0 Å². The van der Waals surface area contributed by atoms with Gasteiger partial charge in [-0.05, 0) is 24.6 Å². The van der Waals surface area contributed by atoms with Crippen LogP contribution in [0.3, 0.4) is 0 Å². The molecule has 0 fully saturated rings. The third-order valence-corrected chi connectivity index (χ3v) is 2.84. The van der Waals surface area contributed by atoms with Crippen molar-refractivity contribution < 1.29 is 19.1 Å². The van der Waals surface area contributed by atoms with Crippen LogP contribution in [-0.4, -0.2) is 30.7 Å². The Labute approximate surface area is 111 Å². The smallest absolute Gasteiger partial charge is 0.321 e. The van der Waals surface area contributed by atoms with Crippen molar-refractivity contribution in [3.8, 4) is 0 Å². The summed E-state index contributed by atoms with van der Waals surface area (Å²) in [5.74, 6) is -2.00. The Bertz CT molecular complexity index is 465. The van der Waals surface area contributed by atoms with E-state index < -0.39 is 23.7 Å². The summed E-state index contributed by atoms with van der Waals surface area (Å²) in [6, 6.07) is 5.14. The first-order chi connectivity index (χ1) is 8.95. The molecule has 0 aliphatic carbocycles. The lowest BCUT2D eigenvalue weighted by atomic mass is 10.1. The Morgan fingerprint density at radius 3 is 2.68 bits per heavy atom. The van der Waals surface area contributed by atoms with E-state index in [0.29, 0.717) is 12.1 Å². The summed E-state index contributed by atoms with van der Waals surface area (Å²) in [5.41, 5.74) is 0.404. The summed E-state index contributed by atoms with van der Waals surface area (Å²) in [5, 5.41) is 11.4. The van der Waals surface area contributed by atoms with E-state index in [4.69, 9.17) is 5.11 Å². The van der Waals surface area contributed by atoms with Crippen molar-refractivity contribution in [1.29, 1.82) is 0 Å². The number of hydrogen-bond donors (Lipinski definition) is 2. The normalized spacial score (nSPS) is 11.7. The summed E-state index contributed by atoms with van der Waals surface area (Å²) < 4.78 is 13.0. The third kappa shape index (κ3) is 4.24. The van der Waals surface area contributed by atoms with Gasteiger partial charge in [0, 0.05) is 19.3 Å². The van der Waals surface area contributed by atoms with E-state index in [1.165, 1.54) is 30.1 Å². The fourth-order valence-corrected chi connectivity index (χ4v) is 1.54. The van der Waals surface area contributed by atoms with Crippen molar-refractivity contribution in [1.82, 2.24) is 5.32 Å². The molecule has 104 valence electrons. The molecule has 0 radical (unpaired) electrons. The molecular formula is C13H17FN2O3. The number of urea groups is 1. The minimum Gasteiger partial charge on any atom is -0.481 e. The summed E-state index contributed by atoms with van der Waals surface area (Å²) in [4.78, 5) is 23.8. The Morgan fingerprint density at radius 2 is 2.16 bits per heavy atom. The molecule has 5 nitrogen and oxygen atoms in total. The first-order valence-electron chi connectivity index (χ1n) is 5.95. The Balaban J connectivity index is 2.61. The molecule has 0 saturated heterocycles. The average molecular weight is 268 g/mol. The molecule has 1 atom stereocenters. The standard InChI is InChI=1S/C13H17FN2O3/c1-3-9(12(17)18)8-15-13(19)16(2)11-6-4-5-10(14)7-11/h4-7,9H,3,8H2,1-2H3,(H,15,19)(H,17,18). The van der Waals surface area contributed by atoms with Gasteiger partial charge >= 0.3 is 12.0 Å². The molecule has 1 aromatic carbocycles. The second kappa shape index (κ2) is 6.72. The van der Waals surface area contributed by atoms with E-state index in [1.54, 1.807) is 13.0 Å². The van der Waals surface area contributed by atoms with Gasteiger partial charge in [-0.2, -0.15) is 0 Å². The molecule has 0 bridgehead atoms. The number of benzene rings is 1. The molecule has 1 aromatic rings. The summed E-state index contributed by atoms with van der Waals surface area (Å²) >= 11 is 0. The number of nitrogens with one attached hydrogen (secondary N) is 1. The number of amides is 2. The van der Waals surface area contributed by atoms with Crippen LogP contribution in [0.15, 0.2) is 24.3 Å². The zero-order valence-corrected chi connectivity index (χ0v) is 10.9. The van der Waals surface area contributed by atoms with Gasteiger partial charge in [0.1, 0.15) is 5.82 Å². The van der Waals surface area contributed by atoms with Crippen LogP contribution < -0.4 is 10.2 Å². The van der Waals surface area contributed by atoms with Gasteiger partial charge in [-0.3, -0.25) is 9.69 Å². The lowest BCUT2D eigenvalue weighted by Gasteiger charge is -2.19. The largest absolute Gasteiger partial charge is 0.481 e. The molecule has 0 heterocycles. The highest BCUT2D eigenvalue weighted by atomic mass is 19.1. The highest BCUT2D eigenvalue weighted by Gasteiger charge is 2.18. The van der Waals surface area contributed by atoms with E-state index in [0.717, 1.165) is 0 Å². The number of anilines is 1. The molecule has 0 aliphatic heterocycles. The van der Waals surface area contributed by atoms with Crippen LogP contribution in [0.5, 0.6) is 0 Å². The molecule has 0 spiro atoms. The Morgan fingerprint density at radius 1 is 1.47 bits per heavy atom. The Hall–Kier alpha value is -2.11. The number of carboxylic acid groups (broad SMARTS) is 1. The predicted octanol–water partition coefficient (Wildman–Crippen LogP) is 2.08. The summed E-state index contributed by atoms with van der Waals surface area (Å²) in [6.07, 6.45) is 0.430. The van der Waals surface area contributed by atoms with Crippen LogP contribution in [0.25, 0.3) is 0 Å². The van der Waals surface area contributed by atoms with Crippen LogP contribution in [0.4, 0.5) is 14.9 Å². The van der Waals surface area contributed by atoms with Gasteiger partial charge in [-0.1, -0.05) is 13.0 Å². The highest BCUT2D eigenvalue weighted by Crippen LogP contribution is 2.13. The van der Waals surface area contributed by atoms with E-state index in [2.05, 4.69) is 5.32 Å². The number of carbonyl (C=O) groups is 2. The minimum atomic E-state index is -0.948. The fourth-order valence-electron chi connectivity index (χ4n) is 1.54. The van der Waals surface area contributed by atoms with Crippen LogP contribution in [0.1, 0.15) is 13.3 Å². The molecule has 1 unspecified atom stereocenters. The fraction of sp³-hybridized carbons (Fsp3) is 0.385. The number of carboxylic acids is 1. The number of rotatable bonds is 5. The zero-order chi connectivity index (χ0) is 14.4. The monoisotopic (exact) mass is 268 g/mol. The quantitative estimate of drug-likeness (QED) is 0.859. The second-order valence-corrected chi connectivity index (χ2v) is 4.17. The topological polar surface area (TPSA) is 69.6 Å². The number of nitrogens with zero attached hydrogens (tertiary/aromatic N) is 1. The molecule has 0 aromatic heterocycles. The molecular weight excluding hydrogens is 251 g/mol. The second-order valence-electron chi connectivity index (χ2n) is 4.17. The lowest BCUT2D eigenvalue weighted by molar-refractivity contribution is -0.141. The van der Waals surface area contributed by atoms with Crippen molar-refractivity contribution in [2.75, 3.05) is 18.5 Å². The zero-order valence-electron chi connectivity index (χ0n) is 10.9. The third-order valence-electron chi connectivity index (χ3n) is 2.84. The Kier molecular flexibility index (Phi) is 5.29. The number of halogens is 1. The molecule has 0 saturated carbocycles. The molecule has 2 amide bonds. The average Bonchev–Trinajstić information content (AvgIpc) is 2.38. The van der Waals surface area contributed by atoms with Crippen LogP contribution in [0.2, 0.25) is 0 Å². The van der Waals surface area contributed by atoms with Crippen LogP contribution in [0, 0.1) is 11.7 Å². The maximum Gasteiger partial charge on any atom is 0.321 e. The van der Waals surface area contributed by atoms with Crippen molar-refractivity contribution in [2.24, 2.45) is 5.92 Å². The van der Waals surface area contributed by atoms with Gasteiger partial charge < -0.3 is 10.4 Å². The molecule has 2 N–H and O–H groups in total. The van der Waals surface area contributed by atoms with Gasteiger partial charge in [0.15, 0.2) is 0 Å². The minimum absolute atomic E-state index is 0.0460. The van der Waals surface area contributed by atoms with Gasteiger partial charge in [0.25, 0.3) is 0 Å². The van der Waals surface area contributed by atoms with E-state index in [-0.39, 0.29) is 6.54 Å². The lowest BCUT2D eigenvalue weighted by Crippen LogP contribution is -2.41. The summed E-state index contributed by atoms with van der Waals surface area (Å²) in [6.45, 7) is 1.78. The summed E-state index contributed by atoms with van der Waals surface area (Å²) in [7, 11) is 1.49. The van der Waals surface area contributed by atoms with Crippen molar-refractivity contribution in [3.63, 3.8) is 0 Å². The van der Waals surface area contributed by atoms with Gasteiger partial charge in [-0.25, -0.2) is 9.18 Å². The van der Waals surface area contributed by atoms with E-state index >= 15 is 0 Å². The molecule has 6 heteroatoms. The first-order valence-corrected chi connectivity index (χ1v) is 5.95. The van der Waals surface area contributed by atoms with Gasteiger partial charge in [0.05, 0.1) is 5.92 Å². The predicted molar refractivity (Wildman–Crippen MR) is 69.6 cm³/mol. The van der Waals surface area contributed by atoms with Crippen LogP contribution in [-0.2, 0) is 4.79 Å². The van der Waals surface area contributed by atoms with Gasteiger partial charge in [0.2, 0.25) is 0 Å². The maximum atomic E-state index is 13.0. The molecule has 19 heavy (non-hydrogen) atoms. The SMILES string of the molecule is CCC(CNC(=O)N(C)c1cccc(F)c1)C(=O)O.